The largest absolute Gasteiger partial charge is 0.467 e. The highest BCUT2D eigenvalue weighted by atomic mass is 32.2. The van der Waals surface area contributed by atoms with Gasteiger partial charge in [-0.15, -0.1) is 11.3 Å². The van der Waals surface area contributed by atoms with E-state index in [4.69, 9.17) is 4.42 Å². The molecular formula is C15H15N3O3S2. The first-order valence-electron chi connectivity index (χ1n) is 6.80. The van der Waals surface area contributed by atoms with Crippen molar-refractivity contribution in [1.82, 2.24) is 4.98 Å². The van der Waals surface area contributed by atoms with E-state index in [0.29, 0.717) is 12.2 Å². The zero-order chi connectivity index (χ0) is 16.3. The number of nitrogens with zero attached hydrogens (tertiary/aromatic N) is 1. The first-order chi connectivity index (χ1) is 11.0. The van der Waals surface area contributed by atoms with Gasteiger partial charge < -0.3 is 9.73 Å². The van der Waals surface area contributed by atoms with Crippen LogP contribution in [0.25, 0.3) is 11.3 Å². The molecule has 0 atom stereocenters. The molecule has 2 N–H and O–H groups in total. The zero-order valence-corrected chi connectivity index (χ0v) is 13.9. The zero-order valence-electron chi connectivity index (χ0n) is 12.3. The van der Waals surface area contributed by atoms with E-state index in [9.17, 15) is 8.42 Å². The average Bonchev–Trinajstić information content (AvgIpc) is 3.16. The fourth-order valence-corrected chi connectivity index (χ4v) is 3.27. The van der Waals surface area contributed by atoms with Gasteiger partial charge in [-0.2, -0.15) is 0 Å². The molecule has 1 aromatic carbocycles. The molecule has 3 aromatic rings. The Bertz CT molecular complexity index is 869. The molecule has 2 aromatic heterocycles. The molecule has 0 aliphatic heterocycles. The monoisotopic (exact) mass is 349 g/mol. The lowest BCUT2D eigenvalue weighted by molar-refractivity contribution is 0.518. The van der Waals surface area contributed by atoms with Gasteiger partial charge in [-0.25, -0.2) is 13.4 Å². The Morgan fingerprint density at radius 3 is 2.65 bits per heavy atom. The summed E-state index contributed by atoms with van der Waals surface area (Å²) in [4.78, 5) is 4.51. The van der Waals surface area contributed by atoms with Crippen LogP contribution in [0.3, 0.4) is 0 Å². The van der Waals surface area contributed by atoms with Gasteiger partial charge in [-0.05, 0) is 24.3 Å². The minimum Gasteiger partial charge on any atom is -0.467 e. The lowest BCUT2D eigenvalue weighted by Crippen LogP contribution is -2.09. The number of hydrogen-bond donors (Lipinski definition) is 2. The van der Waals surface area contributed by atoms with E-state index >= 15 is 0 Å². The minimum absolute atomic E-state index is 0.530. The summed E-state index contributed by atoms with van der Waals surface area (Å²) in [6, 6.07) is 10.8. The molecular weight excluding hydrogens is 334 g/mol. The molecule has 0 saturated heterocycles. The number of nitrogens with one attached hydrogen (secondary N) is 2. The molecule has 0 radical (unpaired) electrons. The number of furan rings is 1. The van der Waals surface area contributed by atoms with Crippen LogP contribution in [0.4, 0.5) is 10.8 Å². The van der Waals surface area contributed by atoms with E-state index in [1.807, 2.05) is 29.6 Å². The quantitative estimate of drug-likeness (QED) is 0.713. The van der Waals surface area contributed by atoms with Gasteiger partial charge in [0.2, 0.25) is 10.0 Å². The topological polar surface area (TPSA) is 84.2 Å². The van der Waals surface area contributed by atoms with Gasteiger partial charge in [-0.3, -0.25) is 4.72 Å². The van der Waals surface area contributed by atoms with Gasteiger partial charge in [0.25, 0.3) is 0 Å². The maximum atomic E-state index is 11.2. The van der Waals surface area contributed by atoms with Crippen molar-refractivity contribution in [2.75, 3.05) is 16.3 Å². The van der Waals surface area contributed by atoms with E-state index in [-0.39, 0.29) is 0 Å². The third-order valence-electron chi connectivity index (χ3n) is 2.98. The van der Waals surface area contributed by atoms with Crippen LogP contribution in [0.5, 0.6) is 0 Å². The number of hydrogen-bond acceptors (Lipinski definition) is 6. The first-order valence-corrected chi connectivity index (χ1v) is 9.57. The standard InChI is InChI=1S/C15H15N3O3S2/c1-23(19,20)18-12-6-4-11(5-7-12)14-10-22-15(17-14)16-9-13-3-2-8-21-13/h2-8,10,18H,9H2,1H3,(H,16,17). The highest BCUT2D eigenvalue weighted by molar-refractivity contribution is 7.92. The van der Waals surface area contributed by atoms with Gasteiger partial charge >= 0.3 is 0 Å². The summed E-state index contributed by atoms with van der Waals surface area (Å²) in [5.74, 6) is 0.845. The molecule has 3 rings (SSSR count). The molecule has 0 unspecified atom stereocenters. The van der Waals surface area contributed by atoms with E-state index < -0.39 is 10.0 Å². The van der Waals surface area contributed by atoms with Crippen LogP contribution in [-0.2, 0) is 16.6 Å². The summed E-state index contributed by atoms with van der Waals surface area (Å²) in [6.07, 6.45) is 2.76. The van der Waals surface area contributed by atoms with Gasteiger partial charge in [-0.1, -0.05) is 12.1 Å². The van der Waals surface area contributed by atoms with Gasteiger partial charge in [0.1, 0.15) is 5.76 Å². The molecule has 23 heavy (non-hydrogen) atoms. The number of rotatable bonds is 6. The van der Waals surface area contributed by atoms with Gasteiger partial charge in [0.15, 0.2) is 5.13 Å². The summed E-state index contributed by atoms with van der Waals surface area (Å²) in [5.41, 5.74) is 2.29. The number of aromatic nitrogens is 1. The van der Waals surface area contributed by atoms with E-state index in [1.54, 1.807) is 18.4 Å². The van der Waals surface area contributed by atoms with Crippen LogP contribution in [-0.4, -0.2) is 19.7 Å². The van der Waals surface area contributed by atoms with Gasteiger partial charge in [0, 0.05) is 16.6 Å². The smallest absolute Gasteiger partial charge is 0.229 e. The van der Waals surface area contributed by atoms with E-state index in [2.05, 4.69) is 15.0 Å². The summed E-state index contributed by atoms with van der Waals surface area (Å²) in [7, 11) is -3.26. The van der Waals surface area contributed by atoms with Crippen LogP contribution in [0, 0.1) is 0 Å². The summed E-state index contributed by atoms with van der Waals surface area (Å²) in [5, 5.41) is 5.95. The predicted octanol–water partition coefficient (Wildman–Crippen LogP) is 3.39. The highest BCUT2D eigenvalue weighted by Crippen LogP contribution is 2.26. The summed E-state index contributed by atoms with van der Waals surface area (Å²) < 4.78 is 30.1. The van der Waals surface area contributed by atoms with Crippen molar-refractivity contribution in [2.24, 2.45) is 0 Å². The second-order valence-electron chi connectivity index (χ2n) is 4.92. The fourth-order valence-electron chi connectivity index (χ4n) is 1.99. The Labute approximate surface area is 138 Å². The molecule has 120 valence electrons. The van der Waals surface area contributed by atoms with Crippen molar-refractivity contribution >= 4 is 32.2 Å². The molecule has 0 aliphatic carbocycles. The Morgan fingerprint density at radius 1 is 1.22 bits per heavy atom. The molecule has 2 heterocycles. The van der Waals surface area contributed by atoms with Crippen LogP contribution >= 0.6 is 11.3 Å². The van der Waals surface area contributed by atoms with E-state index in [1.165, 1.54) is 11.3 Å². The minimum atomic E-state index is -3.26. The van der Waals surface area contributed by atoms with Crippen molar-refractivity contribution < 1.29 is 12.8 Å². The van der Waals surface area contributed by atoms with Crippen LogP contribution < -0.4 is 10.0 Å². The predicted molar refractivity (Wildman–Crippen MR) is 92.1 cm³/mol. The highest BCUT2D eigenvalue weighted by Gasteiger charge is 2.06. The van der Waals surface area contributed by atoms with Crippen LogP contribution in [0.2, 0.25) is 0 Å². The van der Waals surface area contributed by atoms with Crippen LogP contribution in [0.1, 0.15) is 5.76 Å². The third kappa shape index (κ3) is 4.33. The Morgan fingerprint density at radius 2 is 2.00 bits per heavy atom. The maximum Gasteiger partial charge on any atom is 0.229 e. The summed E-state index contributed by atoms with van der Waals surface area (Å²) in [6.45, 7) is 0.581. The van der Waals surface area contributed by atoms with Crippen molar-refractivity contribution in [1.29, 1.82) is 0 Å². The molecule has 0 amide bonds. The Balaban J connectivity index is 1.67. The summed E-state index contributed by atoms with van der Waals surface area (Å²) >= 11 is 1.51. The second-order valence-corrected chi connectivity index (χ2v) is 7.53. The third-order valence-corrected chi connectivity index (χ3v) is 4.39. The first kappa shape index (κ1) is 15.6. The number of thiazole rings is 1. The molecule has 0 fully saturated rings. The molecule has 0 aliphatic rings. The SMILES string of the molecule is CS(=O)(=O)Nc1ccc(-c2csc(NCc3ccco3)n2)cc1. The maximum absolute atomic E-state index is 11.2. The molecule has 8 heteroatoms. The van der Waals surface area contributed by atoms with Crippen molar-refractivity contribution in [3.05, 3.63) is 53.8 Å². The lowest BCUT2D eigenvalue weighted by atomic mass is 10.1. The fraction of sp³-hybridized carbons (Fsp3) is 0.133. The molecule has 0 saturated carbocycles. The molecule has 0 bridgehead atoms. The molecule has 0 spiro atoms. The normalized spacial score (nSPS) is 11.3. The van der Waals surface area contributed by atoms with Crippen molar-refractivity contribution in [2.45, 2.75) is 6.54 Å². The number of anilines is 2. The molecule has 6 nitrogen and oxygen atoms in total. The van der Waals surface area contributed by atoms with E-state index in [0.717, 1.165) is 28.4 Å². The van der Waals surface area contributed by atoms with Crippen molar-refractivity contribution in [3.8, 4) is 11.3 Å². The second kappa shape index (κ2) is 6.43. The average molecular weight is 349 g/mol. The lowest BCUT2D eigenvalue weighted by Gasteiger charge is -2.04. The number of benzene rings is 1. The van der Waals surface area contributed by atoms with Crippen molar-refractivity contribution in [3.63, 3.8) is 0 Å². The van der Waals surface area contributed by atoms with Gasteiger partial charge in [0.05, 0.1) is 24.8 Å². The Kier molecular flexibility index (Phi) is 4.35. The Hall–Kier alpha value is -2.32. The van der Waals surface area contributed by atoms with Crippen LogP contribution in [0.15, 0.2) is 52.5 Å². The number of sulfonamides is 1.